The number of carbonyl (C=O) groups excluding carboxylic acids is 1. The molecule has 5 nitrogen and oxygen atoms in total. The number of benzene rings is 2. The van der Waals surface area contributed by atoms with Crippen LogP contribution in [0, 0.1) is 5.41 Å². The molecule has 2 rings (SSSR count). The van der Waals surface area contributed by atoms with Crippen LogP contribution in [0.25, 0.3) is 0 Å². The van der Waals surface area contributed by atoms with E-state index < -0.39 is 6.03 Å². The molecule has 0 aliphatic rings. The summed E-state index contributed by atoms with van der Waals surface area (Å²) in [6.07, 6.45) is 0. The Bertz CT molecular complexity index is 570. The number of anilines is 1. The summed E-state index contributed by atoms with van der Waals surface area (Å²) in [5.41, 5.74) is 5.77. The van der Waals surface area contributed by atoms with Crippen molar-refractivity contribution < 1.29 is 9.53 Å². The van der Waals surface area contributed by atoms with Crippen LogP contribution >= 0.6 is 0 Å². The monoisotopic (exact) mass is 255 g/mol. The minimum atomic E-state index is -0.771. The number of rotatable bonds is 2. The van der Waals surface area contributed by atoms with E-state index in [1.807, 2.05) is 12.1 Å². The number of para-hydroxylation sites is 2. The number of hydrogen-bond donors (Lipinski definition) is 2. The normalized spacial score (nSPS) is 9.68. The van der Waals surface area contributed by atoms with Crippen LogP contribution < -0.4 is 15.4 Å². The largest absolute Gasteiger partial charge is 0.426 e. The second kappa shape index (κ2) is 5.68. The molecule has 0 fully saturated rings. The van der Waals surface area contributed by atoms with Crippen LogP contribution in [0.2, 0.25) is 0 Å². The second-order valence-corrected chi connectivity index (χ2v) is 3.73. The van der Waals surface area contributed by atoms with Gasteiger partial charge in [0.25, 0.3) is 0 Å². The standard InChI is InChI=1S/C14H13N3O2/c15-13(18)17(11-7-3-1-4-8-11)14(16)19-12-9-5-2-6-10-12/h1-10,16H,(H2,15,18). The average molecular weight is 255 g/mol. The Labute approximate surface area is 110 Å². The van der Waals surface area contributed by atoms with E-state index in [-0.39, 0.29) is 6.02 Å². The van der Waals surface area contributed by atoms with Gasteiger partial charge in [0.2, 0.25) is 0 Å². The number of nitrogens with two attached hydrogens (primary N) is 1. The third kappa shape index (κ3) is 3.10. The van der Waals surface area contributed by atoms with Crippen molar-refractivity contribution in [2.45, 2.75) is 0 Å². The molecule has 0 aliphatic heterocycles. The lowest BCUT2D eigenvalue weighted by atomic mass is 10.3. The van der Waals surface area contributed by atoms with E-state index in [0.29, 0.717) is 11.4 Å². The molecule has 96 valence electrons. The smallest absolute Gasteiger partial charge is 0.327 e. The molecule has 0 atom stereocenters. The molecule has 2 aromatic rings. The van der Waals surface area contributed by atoms with Gasteiger partial charge in [-0.05, 0) is 24.3 Å². The highest BCUT2D eigenvalue weighted by atomic mass is 16.5. The number of hydrogen-bond acceptors (Lipinski definition) is 3. The molecule has 0 saturated carbocycles. The molecular weight excluding hydrogens is 242 g/mol. The summed E-state index contributed by atoms with van der Waals surface area (Å²) in [6, 6.07) is 16.3. The summed E-state index contributed by atoms with van der Waals surface area (Å²) < 4.78 is 5.30. The van der Waals surface area contributed by atoms with E-state index in [1.54, 1.807) is 48.5 Å². The lowest BCUT2D eigenvalue weighted by Crippen LogP contribution is -2.43. The van der Waals surface area contributed by atoms with Gasteiger partial charge in [-0.1, -0.05) is 36.4 Å². The Kier molecular flexibility index (Phi) is 3.78. The summed E-state index contributed by atoms with van der Waals surface area (Å²) >= 11 is 0. The van der Waals surface area contributed by atoms with Crippen LogP contribution in [0.15, 0.2) is 60.7 Å². The summed E-state index contributed by atoms with van der Waals surface area (Å²) in [4.78, 5) is 12.5. The maximum atomic E-state index is 11.5. The van der Waals surface area contributed by atoms with Gasteiger partial charge in [-0.15, -0.1) is 0 Å². The first-order valence-electron chi connectivity index (χ1n) is 5.64. The van der Waals surface area contributed by atoms with E-state index >= 15 is 0 Å². The summed E-state index contributed by atoms with van der Waals surface area (Å²) in [6.45, 7) is 0. The quantitative estimate of drug-likeness (QED) is 0.639. The molecule has 0 unspecified atom stereocenters. The zero-order valence-corrected chi connectivity index (χ0v) is 10.1. The summed E-state index contributed by atoms with van der Waals surface area (Å²) in [5.74, 6) is 0.467. The number of carbonyl (C=O) groups is 1. The van der Waals surface area contributed by atoms with Gasteiger partial charge in [0, 0.05) is 0 Å². The Balaban J connectivity index is 2.21. The number of nitrogens with zero attached hydrogens (tertiary/aromatic N) is 1. The molecule has 0 aliphatic carbocycles. The van der Waals surface area contributed by atoms with Gasteiger partial charge in [0.1, 0.15) is 5.75 Å². The number of primary amides is 1. The molecule has 0 bridgehead atoms. The summed E-state index contributed by atoms with van der Waals surface area (Å²) in [5, 5.41) is 7.85. The molecular formula is C14H13N3O2. The van der Waals surface area contributed by atoms with E-state index in [9.17, 15) is 4.79 Å². The second-order valence-electron chi connectivity index (χ2n) is 3.73. The lowest BCUT2D eigenvalue weighted by molar-refractivity contribution is 0.255. The maximum absolute atomic E-state index is 11.5. The Hall–Kier alpha value is -2.82. The first-order chi connectivity index (χ1) is 9.18. The fraction of sp³-hybridized carbons (Fsp3) is 0. The number of urea groups is 1. The van der Waals surface area contributed by atoms with Crippen molar-refractivity contribution in [1.82, 2.24) is 0 Å². The third-order valence-electron chi connectivity index (χ3n) is 2.40. The molecule has 19 heavy (non-hydrogen) atoms. The minimum Gasteiger partial charge on any atom is -0.426 e. The number of ether oxygens (including phenoxy) is 1. The zero-order valence-electron chi connectivity index (χ0n) is 10.1. The van der Waals surface area contributed by atoms with E-state index in [0.717, 1.165) is 4.90 Å². The number of amides is 2. The zero-order chi connectivity index (χ0) is 13.7. The van der Waals surface area contributed by atoms with E-state index in [4.69, 9.17) is 15.9 Å². The van der Waals surface area contributed by atoms with Crippen molar-refractivity contribution in [3.63, 3.8) is 0 Å². The highest BCUT2D eigenvalue weighted by molar-refractivity contribution is 6.12. The Morgan fingerprint density at radius 1 is 1.00 bits per heavy atom. The third-order valence-corrected chi connectivity index (χ3v) is 2.40. The fourth-order valence-corrected chi connectivity index (χ4v) is 1.57. The first-order valence-corrected chi connectivity index (χ1v) is 5.64. The summed E-state index contributed by atoms with van der Waals surface area (Å²) in [7, 11) is 0. The van der Waals surface area contributed by atoms with Crippen molar-refractivity contribution in [3.8, 4) is 5.75 Å². The molecule has 0 radical (unpaired) electrons. The maximum Gasteiger partial charge on any atom is 0.327 e. The SMILES string of the molecule is N=C(Oc1ccccc1)N(C(N)=O)c1ccccc1. The topological polar surface area (TPSA) is 79.4 Å². The molecule has 0 aromatic heterocycles. The predicted molar refractivity (Wildman–Crippen MR) is 73.3 cm³/mol. The van der Waals surface area contributed by atoms with Gasteiger partial charge >= 0.3 is 12.1 Å². The van der Waals surface area contributed by atoms with Crippen molar-refractivity contribution in [1.29, 1.82) is 5.41 Å². The van der Waals surface area contributed by atoms with Crippen LogP contribution in [-0.4, -0.2) is 12.1 Å². The van der Waals surface area contributed by atoms with Gasteiger partial charge in [0.05, 0.1) is 5.69 Å². The van der Waals surface area contributed by atoms with Crippen molar-refractivity contribution in [2.75, 3.05) is 4.90 Å². The number of amidine groups is 1. The van der Waals surface area contributed by atoms with Gasteiger partial charge < -0.3 is 10.5 Å². The molecule has 2 amide bonds. The van der Waals surface area contributed by atoms with E-state index in [2.05, 4.69) is 0 Å². The van der Waals surface area contributed by atoms with Gasteiger partial charge in [-0.2, -0.15) is 0 Å². The van der Waals surface area contributed by atoms with Crippen molar-refractivity contribution >= 4 is 17.7 Å². The minimum absolute atomic E-state index is 0.343. The first kappa shape index (κ1) is 12.6. The predicted octanol–water partition coefficient (Wildman–Crippen LogP) is 2.59. The Morgan fingerprint density at radius 3 is 2.05 bits per heavy atom. The lowest BCUT2D eigenvalue weighted by Gasteiger charge is -2.20. The average Bonchev–Trinajstić information content (AvgIpc) is 2.40. The fourth-order valence-electron chi connectivity index (χ4n) is 1.57. The van der Waals surface area contributed by atoms with E-state index in [1.165, 1.54) is 0 Å². The molecule has 0 heterocycles. The highest BCUT2D eigenvalue weighted by Gasteiger charge is 2.19. The highest BCUT2D eigenvalue weighted by Crippen LogP contribution is 2.16. The van der Waals surface area contributed by atoms with Gasteiger partial charge in [-0.25, -0.2) is 9.69 Å². The van der Waals surface area contributed by atoms with Gasteiger partial charge in [-0.3, -0.25) is 5.41 Å². The van der Waals surface area contributed by atoms with Crippen molar-refractivity contribution in [2.24, 2.45) is 5.73 Å². The van der Waals surface area contributed by atoms with Crippen LogP contribution in [0.5, 0.6) is 5.75 Å². The van der Waals surface area contributed by atoms with Gasteiger partial charge in [0.15, 0.2) is 0 Å². The van der Waals surface area contributed by atoms with Crippen LogP contribution in [0.3, 0.4) is 0 Å². The van der Waals surface area contributed by atoms with Crippen molar-refractivity contribution in [3.05, 3.63) is 60.7 Å². The van der Waals surface area contributed by atoms with Crippen LogP contribution in [-0.2, 0) is 0 Å². The van der Waals surface area contributed by atoms with Crippen LogP contribution in [0.1, 0.15) is 0 Å². The number of nitrogens with one attached hydrogen (secondary N) is 1. The Morgan fingerprint density at radius 2 is 1.53 bits per heavy atom. The molecule has 0 spiro atoms. The molecule has 3 N–H and O–H groups in total. The van der Waals surface area contributed by atoms with Crippen LogP contribution in [0.4, 0.5) is 10.5 Å². The molecule has 5 heteroatoms. The molecule has 2 aromatic carbocycles. The molecule has 0 saturated heterocycles.